The van der Waals surface area contributed by atoms with Gasteiger partial charge < -0.3 is 10.2 Å². The summed E-state index contributed by atoms with van der Waals surface area (Å²) in [6.07, 6.45) is 2.80. The number of rotatable bonds is 3. The van der Waals surface area contributed by atoms with E-state index in [1.165, 1.54) is 35.6 Å². The van der Waals surface area contributed by atoms with Gasteiger partial charge in [0.2, 0.25) is 0 Å². The molecule has 0 radical (unpaired) electrons. The van der Waals surface area contributed by atoms with E-state index in [0.717, 1.165) is 0 Å². The maximum absolute atomic E-state index is 11.8. The molecule has 5 heteroatoms. The molecule has 0 saturated carbocycles. The highest BCUT2D eigenvalue weighted by Gasteiger charge is 2.07. The molecule has 3 nitrogen and oxygen atoms in total. The van der Waals surface area contributed by atoms with E-state index in [0.29, 0.717) is 20.3 Å². The number of carbonyl (C=O) groups excluding carboxylic acids is 1. The zero-order valence-electron chi connectivity index (χ0n) is 10.1. The molecule has 0 spiro atoms. The lowest BCUT2D eigenvalue weighted by Gasteiger charge is -2.03. The van der Waals surface area contributed by atoms with Gasteiger partial charge >= 0.3 is 0 Å². The number of phenolic OH excluding ortho intramolecular Hbond substituents is 2. The van der Waals surface area contributed by atoms with Crippen LogP contribution in [0.25, 0.3) is 6.08 Å². The zero-order chi connectivity index (χ0) is 14.0. The van der Waals surface area contributed by atoms with Crippen LogP contribution in [-0.4, -0.2) is 16.0 Å². The molecule has 19 heavy (non-hydrogen) atoms. The first-order valence-electron chi connectivity index (χ1n) is 5.47. The minimum atomic E-state index is -0.198. The molecule has 1 heterocycles. The van der Waals surface area contributed by atoms with Crippen molar-refractivity contribution in [3.63, 3.8) is 0 Å². The Labute approximate surface area is 119 Å². The quantitative estimate of drug-likeness (QED) is 0.511. The van der Waals surface area contributed by atoms with Crippen LogP contribution in [-0.2, 0) is 0 Å². The second-order valence-corrected chi connectivity index (χ2v) is 5.71. The van der Waals surface area contributed by atoms with Gasteiger partial charge in [-0.1, -0.05) is 11.6 Å². The van der Waals surface area contributed by atoms with Gasteiger partial charge in [0.05, 0.1) is 9.21 Å². The highest BCUT2D eigenvalue weighted by molar-refractivity contribution is 7.18. The number of benzene rings is 1. The van der Waals surface area contributed by atoms with E-state index in [1.807, 2.05) is 0 Å². The molecule has 2 N–H and O–H groups in total. The molecule has 2 rings (SSSR count). The molecular formula is C14H11ClO3S. The highest BCUT2D eigenvalue weighted by atomic mass is 35.5. The minimum Gasteiger partial charge on any atom is -0.508 e. The number of hydrogen-bond acceptors (Lipinski definition) is 4. The van der Waals surface area contributed by atoms with Gasteiger partial charge in [-0.25, -0.2) is 0 Å². The number of aryl methyl sites for hydroxylation is 1. The highest BCUT2D eigenvalue weighted by Crippen LogP contribution is 2.28. The number of thiophene rings is 1. The van der Waals surface area contributed by atoms with Crippen molar-refractivity contribution in [3.8, 4) is 11.5 Å². The topological polar surface area (TPSA) is 57.5 Å². The number of carbonyl (C=O) groups is 1. The Kier molecular flexibility index (Phi) is 3.93. The van der Waals surface area contributed by atoms with Crippen molar-refractivity contribution in [2.24, 2.45) is 0 Å². The Hall–Kier alpha value is -1.78. The summed E-state index contributed by atoms with van der Waals surface area (Å²) in [4.78, 5) is 12.3. The number of aromatic hydroxyl groups is 2. The Morgan fingerprint density at radius 1 is 1.26 bits per heavy atom. The fraction of sp³-hybridized carbons (Fsp3) is 0.0714. The van der Waals surface area contributed by atoms with Gasteiger partial charge in [-0.2, -0.15) is 0 Å². The lowest BCUT2D eigenvalue weighted by Crippen LogP contribution is -1.89. The maximum Gasteiger partial charge on any atom is 0.195 e. The molecule has 1 aromatic heterocycles. The number of allylic oxidation sites excluding steroid dienone is 1. The van der Waals surface area contributed by atoms with Crippen molar-refractivity contribution in [1.82, 2.24) is 0 Å². The van der Waals surface area contributed by atoms with Crippen LogP contribution in [0.3, 0.4) is 0 Å². The molecule has 0 aliphatic rings. The van der Waals surface area contributed by atoms with E-state index < -0.39 is 0 Å². The standard InChI is InChI=1S/C14H11ClO3S/c1-8-6-12(18)9(7-11(8)17)2-3-10(16)13-4-5-14(15)19-13/h2-7,17-18H,1H3/b3-2+. The average Bonchev–Trinajstić information content (AvgIpc) is 2.78. The molecule has 0 bridgehead atoms. The van der Waals surface area contributed by atoms with Crippen LogP contribution < -0.4 is 0 Å². The zero-order valence-corrected chi connectivity index (χ0v) is 11.6. The van der Waals surface area contributed by atoms with Crippen molar-refractivity contribution in [2.45, 2.75) is 6.92 Å². The summed E-state index contributed by atoms with van der Waals surface area (Å²) in [5.74, 6) is -0.107. The Morgan fingerprint density at radius 3 is 2.63 bits per heavy atom. The van der Waals surface area contributed by atoms with Crippen molar-refractivity contribution >= 4 is 34.8 Å². The summed E-state index contributed by atoms with van der Waals surface area (Å²) in [5.41, 5.74) is 0.963. The minimum absolute atomic E-state index is 0.0172. The Morgan fingerprint density at radius 2 is 2.00 bits per heavy atom. The largest absolute Gasteiger partial charge is 0.508 e. The number of halogens is 1. The number of ketones is 1. The van der Waals surface area contributed by atoms with E-state index in [-0.39, 0.29) is 17.3 Å². The van der Waals surface area contributed by atoms with E-state index in [4.69, 9.17) is 11.6 Å². The second-order valence-electron chi connectivity index (χ2n) is 4.00. The van der Waals surface area contributed by atoms with Gasteiger partial charge in [0.25, 0.3) is 0 Å². The summed E-state index contributed by atoms with van der Waals surface area (Å²) in [6, 6.07) is 6.16. The summed E-state index contributed by atoms with van der Waals surface area (Å²) in [5, 5.41) is 19.3. The van der Waals surface area contributed by atoms with Gasteiger partial charge in [0, 0.05) is 5.56 Å². The van der Waals surface area contributed by atoms with Crippen molar-refractivity contribution in [2.75, 3.05) is 0 Å². The van der Waals surface area contributed by atoms with Gasteiger partial charge in [0.15, 0.2) is 5.78 Å². The molecule has 0 fully saturated rings. The maximum atomic E-state index is 11.8. The predicted octanol–water partition coefficient (Wildman–Crippen LogP) is 4.02. The Bertz CT molecular complexity index is 659. The average molecular weight is 295 g/mol. The van der Waals surface area contributed by atoms with Crippen LogP contribution in [0, 0.1) is 6.92 Å². The first-order valence-corrected chi connectivity index (χ1v) is 6.67. The number of hydrogen-bond donors (Lipinski definition) is 2. The van der Waals surface area contributed by atoms with E-state index in [9.17, 15) is 15.0 Å². The van der Waals surface area contributed by atoms with Crippen molar-refractivity contribution in [3.05, 3.63) is 50.7 Å². The molecule has 0 saturated heterocycles. The smallest absolute Gasteiger partial charge is 0.195 e. The second kappa shape index (κ2) is 5.47. The van der Waals surface area contributed by atoms with Crippen molar-refractivity contribution < 1.29 is 15.0 Å². The van der Waals surface area contributed by atoms with E-state index in [2.05, 4.69) is 0 Å². The normalized spacial score (nSPS) is 11.1. The molecule has 2 aromatic rings. The molecule has 0 amide bonds. The van der Waals surface area contributed by atoms with Crippen molar-refractivity contribution in [1.29, 1.82) is 0 Å². The van der Waals surface area contributed by atoms with Crippen LogP contribution >= 0.6 is 22.9 Å². The molecule has 98 valence electrons. The summed E-state index contributed by atoms with van der Waals surface area (Å²) in [6.45, 7) is 1.68. The third-order valence-corrected chi connectivity index (χ3v) is 3.82. The monoisotopic (exact) mass is 294 g/mol. The molecular weight excluding hydrogens is 284 g/mol. The SMILES string of the molecule is Cc1cc(O)c(/C=C/C(=O)c2ccc(Cl)s2)cc1O. The molecule has 0 aliphatic carbocycles. The molecule has 0 unspecified atom stereocenters. The third kappa shape index (κ3) is 3.16. The summed E-state index contributed by atoms with van der Waals surface area (Å²) in [7, 11) is 0. The van der Waals surface area contributed by atoms with Crippen LogP contribution in [0.1, 0.15) is 20.8 Å². The van der Waals surface area contributed by atoms with E-state index in [1.54, 1.807) is 19.1 Å². The molecule has 0 aliphatic heterocycles. The summed E-state index contributed by atoms with van der Waals surface area (Å²) < 4.78 is 0.549. The van der Waals surface area contributed by atoms with E-state index >= 15 is 0 Å². The predicted molar refractivity (Wildman–Crippen MR) is 77.2 cm³/mol. The van der Waals surface area contributed by atoms with Crippen LogP contribution in [0.2, 0.25) is 4.34 Å². The van der Waals surface area contributed by atoms with Gasteiger partial charge in [-0.15, -0.1) is 11.3 Å². The number of phenols is 2. The molecule has 1 aromatic carbocycles. The van der Waals surface area contributed by atoms with Gasteiger partial charge in [0.1, 0.15) is 11.5 Å². The van der Waals surface area contributed by atoms with Crippen LogP contribution in [0.15, 0.2) is 30.3 Å². The van der Waals surface area contributed by atoms with Crippen LogP contribution in [0.5, 0.6) is 11.5 Å². The first kappa shape index (κ1) is 13.6. The lowest BCUT2D eigenvalue weighted by atomic mass is 10.1. The lowest BCUT2D eigenvalue weighted by molar-refractivity contribution is 0.105. The summed E-state index contributed by atoms with van der Waals surface area (Å²) >= 11 is 6.95. The van der Waals surface area contributed by atoms with Gasteiger partial charge in [-0.3, -0.25) is 4.79 Å². The van der Waals surface area contributed by atoms with Crippen LogP contribution in [0.4, 0.5) is 0 Å². The Balaban J connectivity index is 2.23. The molecule has 0 atom stereocenters. The fourth-order valence-electron chi connectivity index (χ4n) is 1.53. The third-order valence-electron chi connectivity index (χ3n) is 2.58. The first-order chi connectivity index (χ1) is 8.97. The van der Waals surface area contributed by atoms with Gasteiger partial charge in [-0.05, 0) is 48.9 Å². The fourth-order valence-corrected chi connectivity index (χ4v) is 2.49.